The maximum absolute atomic E-state index is 10.9. The average molecular weight is 487 g/mol. The first kappa shape index (κ1) is 28.7. The molecule has 0 amide bonds. The lowest BCUT2D eigenvalue weighted by molar-refractivity contribution is 0.0129. The molecule has 7 atom stereocenters. The zero-order valence-corrected chi connectivity index (χ0v) is 23.4. The zero-order chi connectivity index (χ0) is 25.8. The lowest BCUT2D eigenvalue weighted by Crippen LogP contribution is -2.38. The number of fused-ring (bicyclic) bond motifs is 1. The highest BCUT2D eigenvalue weighted by atomic mass is 16.3. The number of hydrogen-bond donors (Lipinski definition) is 3. The summed E-state index contributed by atoms with van der Waals surface area (Å²) in [5, 5.41) is 31.8. The van der Waals surface area contributed by atoms with E-state index in [0.29, 0.717) is 23.7 Å². The lowest BCUT2D eigenvalue weighted by atomic mass is 9.60. The van der Waals surface area contributed by atoms with Gasteiger partial charge in [0, 0.05) is 5.92 Å². The van der Waals surface area contributed by atoms with Crippen LogP contribution in [0.25, 0.3) is 0 Å². The normalized spacial score (nSPS) is 37.1. The van der Waals surface area contributed by atoms with E-state index >= 15 is 0 Å². The summed E-state index contributed by atoms with van der Waals surface area (Å²) < 4.78 is 0. The van der Waals surface area contributed by atoms with Crippen LogP contribution in [0, 0.1) is 29.1 Å². The molecule has 0 aromatic rings. The van der Waals surface area contributed by atoms with E-state index in [1.165, 1.54) is 38.5 Å². The Morgan fingerprint density at radius 2 is 1.89 bits per heavy atom. The highest BCUT2D eigenvalue weighted by Crippen LogP contribution is 2.60. The molecule has 200 valence electrons. The number of aliphatic hydroxyl groups excluding tert-OH is 2. The largest absolute Gasteiger partial charge is 0.392 e. The first-order chi connectivity index (χ1) is 16.5. The Morgan fingerprint density at radius 3 is 2.57 bits per heavy atom. The molecule has 3 saturated carbocycles. The van der Waals surface area contributed by atoms with E-state index in [1.54, 1.807) is 5.57 Å². The predicted molar refractivity (Wildman–Crippen MR) is 147 cm³/mol. The van der Waals surface area contributed by atoms with Crippen LogP contribution in [0.4, 0.5) is 0 Å². The van der Waals surface area contributed by atoms with Crippen LogP contribution < -0.4 is 0 Å². The van der Waals surface area contributed by atoms with Crippen LogP contribution in [-0.4, -0.2) is 33.1 Å². The van der Waals surface area contributed by atoms with Crippen LogP contribution in [0.3, 0.4) is 0 Å². The molecule has 35 heavy (non-hydrogen) atoms. The summed E-state index contributed by atoms with van der Waals surface area (Å²) in [5.74, 6) is 2.01. The number of hydrogen-bond acceptors (Lipinski definition) is 3. The van der Waals surface area contributed by atoms with Crippen molar-refractivity contribution in [3.63, 3.8) is 0 Å². The quantitative estimate of drug-likeness (QED) is 0.280. The molecule has 3 N–H and O–H groups in total. The van der Waals surface area contributed by atoms with Gasteiger partial charge < -0.3 is 15.3 Å². The first-order valence-electron chi connectivity index (χ1n) is 14.6. The summed E-state index contributed by atoms with van der Waals surface area (Å²) >= 11 is 0. The highest BCUT2D eigenvalue weighted by molar-refractivity contribution is 5.39. The Balaban J connectivity index is 1.67. The summed E-state index contributed by atoms with van der Waals surface area (Å²) in [7, 11) is 0. The minimum Gasteiger partial charge on any atom is -0.392 e. The smallest absolute Gasteiger partial charge is 0.0839 e. The summed E-state index contributed by atoms with van der Waals surface area (Å²) in [4.78, 5) is 0. The van der Waals surface area contributed by atoms with Gasteiger partial charge >= 0.3 is 0 Å². The summed E-state index contributed by atoms with van der Waals surface area (Å²) in [6, 6.07) is 0. The number of unbranched alkanes of at least 4 members (excludes halogenated alkanes) is 2. The van der Waals surface area contributed by atoms with E-state index in [-0.39, 0.29) is 5.92 Å². The first-order valence-corrected chi connectivity index (χ1v) is 14.6. The summed E-state index contributed by atoms with van der Waals surface area (Å²) in [6.45, 7) is 15.2. The monoisotopic (exact) mass is 486 g/mol. The van der Waals surface area contributed by atoms with Crippen molar-refractivity contribution in [3.05, 3.63) is 35.5 Å². The van der Waals surface area contributed by atoms with E-state index in [1.807, 2.05) is 13.8 Å². The third-order valence-electron chi connectivity index (χ3n) is 9.91. The molecular formula is C32H54O3. The van der Waals surface area contributed by atoms with E-state index in [9.17, 15) is 15.3 Å². The maximum atomic E-state index is 10.9. The topological polar surface area (TPSA) is 60.7 Å². The second-order valence-electron chi connectivity index (χ2n) is 13.1. The van der Waals surface area contributed by atoms with Crippen LogP contribution in [0.2, 0.25) is 0 Å². The van der Waals surface area contributed by atoms with Gasteiger partial charge in [-0.2, -0.15) is 0 Å². The molecule has 3 heteroatoms. The fraction of sp³-hybridized carbons (Fsp3) is 0.812. The van der Waals surface area contributed by atoms with Crippen molar-refractivity contribution in [1.82, 2.24) is 0 Å². The minimum atomic E-state index is -0.627. The summed E-state index contributed by atoms with van der Waals surface area (Å²) in [5.41, 5.74) is 3.22. The second-order valence-corrected chi connectivity index (χ2v) is 13.1. The minimum absolute atomic E-state index is 0.0784. The molecule has 3 aliphatic carbocycles. The third-order valence-corrected chi connectivity index (χ3v) is 9.91. The zero-order valence-electron chi connectivity index (χ0n) is 23.4. The van der Waals surface area contributed by atoms with Crippen molar-refractivity contribution >= 4 is 0 Å². The van der Waals surface area contributed by atoms with Crippen LogP contribution in [0.15, 0.2) is 35.5 Å². The Bertz CT molecular complexity index is 772. The predicted octanol–water partition coefficient (Wildman–Crippen LogP) is 7.51. The van der Waals surface area contributed by atoms with Gasteiger partial charge in [-0.1, -0.05) is 77.2 Å². The number of allylic oxidation sites excluding steroid dienone is 3. The van der Waals surface area contributed by atoms with Gasteiger partial charge in [0.1, 0.15) is 0 Å². The van der Waals surface area contributed by atoms with Gasteiger partial charge in [0.15, 0.2) is 0 Å². The van der Waals surface area contributed by atoms with Crippen molar-refractivity contribution in [3.8, 4) is 0 Å². The van der Waals surface area contributed by atoms with Crippen LogP contribution in [0.1, 0.15) is 118 Å². The maximum Gasteiger partial charge on any atom is 0.0839 e. The molecule has 3 fully saturated rings. The summed E-state index contributed by atoms with van der Waals surface area (Å²) in [6.07, 6.45) is 17.8. The Hall–Kier alpha value is -0.900. The molecule has 0 bridgehead atoms. The fourth-order valence-corrected chi connectivity index (χ4v) is 7.80. The highest BCUT2D eigenvalue weighted by Gasteiger charge is 2.50. The van der Waals surface area contributed by atoms with E-state index in [2.05, 4.69) is 39.5 Å². The van der Waals surface area contributed by atoms with Crippen molar-refractivity contribution in [2.24, 2.45) is 29.1 Å². The van der Waals surface area contributed by atoms with Crippen molar-refractivity contribution < 1.29 is 15.3 Å². The van der Waals surface area contributed by atoms with Crippen molar-refractivity contribution in [2.75, 3.05) is 0 Å². The molecule has 0 radical (unpaired) electrons. The lowest BCUT2D eigenvalue weighted by Gasteiger charge is -2.44. The van der Waals surface area contributed by atoms with Gasteiger partial charge in [-0.3, -0.25) is 0 Å². The molecule has 0 aliphatic heterocycles. The molecule has 0 unspecified atom stereocenters. The van der Waals surface area contributed by atoms with Crippen LogP contribution >= 0.6 is 0 Å². The average Bonchev–Trinajstić information content (AvgIpc) is 3.14. The Morgan fingerprint density at radius 1 is 1.14 bits per heavy atom. The third kappa shape index (κ3) is 6.90. The molecule has 0 aromatic carbocycles. The van der Waals surface area contributed by atoms with Gasteiger partial charge in [0.25, 0.3) is 0 Å². The van der Waals surface area contributed by atoms with Gasteiger partial charge in [0.05, 0.1) is 17.8 Å². The van der Waals surface area contributed by atoms with Gasteiger partial charge in [0.2, 0.25) is 0 Å². The van der Waals surface area contributed by atoms with Crippen LogP contribution in [0.5, 0.6) is 0 Å². The van der Waals surface area contributed by atoms with Crippen molar-refractivity contribution in [2.45, 2.75) is 136 Å². The standard InChI is InChI=1S/C32H54O3/c1-7-8-9-14-26-29(33)21-25(23(3)30(26)34)16-15-24-13-11-20-32(6)27(17-18-28(24)32)22(2)12-10-19-31(4,5)35/h15-16,22,26-30,33-35H,3,7-14,17-21H2,1-2,4-6H3/b24-15+,25-16+/t22-,26-,27-,28+,29-,30-,32-/m1/s1. The van der Waals surface area contributed by atoms with E-state index < -0.39 is 17.8 Å². The molecule has 0 heterocycles. The van der Waals surface area contributed by atoms with E-state index in [0.717, 1.165) is 55.6 Å². The molecule has 3 rings (SSSR count). The molecule has 0 aromatic heterocycles. The van der Waals surface area contributed by atoms with Crippen molar-refractivity contribution in [1.29, 1.82) is 0 Å². The Kier molecular flexibility index (Phi) is 9.91. The molecule has 3 aliphatic rings. The Labute approximate surface area is 215 Å². The SMILES string of the molecule is C=C1/C(=C/C=C2\CCC[C@]3(C)[C@@H]([C@H](C)CCCC(C)(C)O)CC[C@@H]23)C[C@@H](O)[C@@H](CCCCC)[C@@H]1O. The molecule has 0 saturated heterocycles. The molecular weight excluding hydrogens is 432 g/mol. The van der Waals surface area contributed by atoms with Gasteiger partial charge in [-0.15, -0.1) is 0 Å². The van der Waals surface area contributed by atoms with Gasteiger partial charge in [-0.05, 0) is 99.5 Å². The molecule has 0 spiro atoms. The molecule has 3 nitrogen and oxygen atoms in total. The number of rotatable bonds is 10. The fourth-order valence-electron chi connectivity index (χ4n) is 7.80. The van der Waals surface area contributed by atoms with Crippen LogP contribution in [-0.2, 0) is 0 Å². The van der Waals surface area contributed by atoms with Gasteiger partial charge in [-0.25, -0.2) is 0 Å². The second kappa shape index (κ2) is 12.1. The number of aliphatic hydroxyl groups is 3. The van der Waals surface area contributed by atoms with E-state index in [4.69, 9.17) is 0 Å².